The summed E-state index contributed by atoms with van der Waals surface area (Å²) in [5.41, 5.74) is -0.167. The van der Waals surface area contributed by atoms with Gasteiger partial charge in [-0.3, -0.25) is 9.69 Å². The Hall–Kier alpha value is -3.76. The molecule has 0 spiro atoms. The number of ether oxygens (including phenoxy) is 2. The number of carbonyl (C=O) groups excluding carboxylic acids is 1. The number of piperidine rings is 1. The molecule has 1 aromatic carbocycles. The lowest BCUT2D eigenvalue weighted by Crippen LogP contribution is -2.59. The second-order valence-corrected chi connectivity index (χ2v) is 11.1. The standard InChI is InChI=1S/C27H33FN6O4/c1-27(2,3)38-26(36)34-16-7-8-19(34)23(28)20(12-16)33(5)22-14-29-24(31-30-22)18-11-15-9-10-32(4)25(35)17(15)13-21(18)37-6/h9-11,13-14,16,19-20,23H,7-8,12H2,1-6H3/t16-,19+,20-,23+/m1/s1. The van der Waals surface area contributed by atoms with Crippen LogP contribution in [-0.4, -0.2) is 74.8 Å². The van der Waals surface area contributed by atoms with Gasteiger partial charge in [0.1, 0.15) is 17.5 Å². The fourth-order valence-corrected chi connectivity index (χ4v) is 5.53. The molecule has 10 nitrogen and oxygen atoms in total. The maximum atomic E-state index is 15.8. The van der Waals surface area contributed by atoms with Gasteiger partial charge in [-0.1, -0.05) is 0 Å². The maximum absolute atomic E-state index is 15.8. The molecule has 1 amide bonds. The molecule has 0 saturated carbocycles. The summed E-state index contributed by atoms with van der Waals surface area (Å²) < 4.78 is 28.3. The fourth-order valence-electron chi connectivity index (χ4n) is 5.53. The topological polar surface area (TPSA) is 103 Å². The van der Waals surface area contributed by atoms with E-state index < -0.39 is 29.9 Å². The Balaban J connectivity index is 1.37. The van der Waals surface area contributed by atoms with Crippen LogP contribution in [0.2, 0.25) is 0 Å². The zero-order valence-electron chi connectivity index (χ0n) is 22.5. The van der Waals surface area contributed by atoms with E-state index in [-0.39, 0.29) is 11.6 Å². The van der Waals surface area contributed by atoms with Crippen LogP contribution in [0.25, 0.3) is 22.2 Å². The first-order valence-electron chi connectivity index (χ1n) is 12.7. The second kappa shape index (κ2) is 9.52. The minimum absolute atomic E-state index is 0.0935. The van der Waals surface area contributed by atoms with Crippen LogP contribution in [0.1, 0.15) is 40.0 Å². The number of benzene rings is 1. The first kappa shape index (κ1) is 25.9. The number of amides is 1. The van der Waals surface area contributed by atoms with Gasteiger partial charge in [0, 0.05) is 26.3 Å². The number of methoxy groups -OCH3 is 1. The lowest BCUT2D eigenvalue weighted by molar-refractivity contribution is -0.0104. The largest absolute Gasteiger partial charge is 0.496 e. The molecule has 38 heavy (non-hydrogen) atoms. The molecule has 4 heterocycles. The highest BCUT2D eigenvalue weighted by Crippen LogP contribution is 2.41. The van der Waals surface area contributed by atoms with Crippen LogP contribution in [0.5, 0.6) is 5.75 Å². The Morgan fingerprint density at radius 3 is 2.63 bits per heavy atom. The average Bonchev–Trinajstić information content (AvgIpc) is 3.23. The number of nitrogens with zero attached hydrogens (tertiary/aromatic N) is 6. The molecule has 11 heteroatoms. The highest BCUT2D eigenvalue weighted by atomic mass is 19.1. The zero-order chi connectivity index (χ0) is 27.4. The van der Waals surface area contributed by atoms with E-state index in [9.17, 15) is 9.59 Å². The molecule has 4 atom stereocenters. The molecule has 202 valence electrons. The zero-order valence-corrected chi connectivity index (χ0v) is 22.5. The van der Waals surface area contributed by atoms with E-state index in [0.717, 1.165) is 11.8 Å². The maximum Gasteiger partial charge on any atom is 0.410 e. The lowest BCUT2D eigenvalue weighted by atomic mass is 9.94. The number of aromatic nitrogens is 4. The highest BCUT2D eigenvalue weighted by Gasteiger charge is 2.52. The van der Waals surface area contributed by atoms with E-state index in [1.807, 2.05) is 26.8 Å². The highest BCUT2D eigenvalue weighted by molar-refractivity contribution is 5.88. The molecular weight excluding hydrogens is 491 g/mol. The summed E-state index contributed by atoms with van der Waals surface area (Å²) in [6.07, 6.45) is 3.34. The number of aryl methyl sites for hydroxylation is 1. The number of carbonyl (C=O) groups is 1. The summed E-state index contributed by atoms with van der Waals surface area (Å²) in [5, 5.41) is 9.92. The van der Waals surface area contributed by atoms with Crippen molar-refractivity contribution in [1.82, 2.24) is 24.6 Å². The van der Waals surface area contributed by atoms with Gasteiger partial charge in [0.05, 0.1) is 36.3 Å². The van der Waals surface area contributed by atoms with E-state index in [4.69, 9.17) is 9.47 Å². The quantitative estimate of drug-likeness (QED) is 0.509. The fraction of sp³-hybridized carbons (Fsp3) is 0.519. The summed E-state index contributed by atoms with van der Waals surface area (Å²) >= 11 is 0. The van der Waals surface area contributed by atoms with Crippen molar-refractivity contribution in [3.63, 3.8) is 0 Å². The van der Waals surface area contributed by atoms with Crippen LogP contribution in [0.3, 0.4) is 0 Å². The van der Waals surface area contributed by atoms with Gasteiger partial charge in [0.15, 0.2) is 11.6 Å². The van der Waals surface area contributed by atoms with Gasteiger partial charge >= 0.3 is 6.09 Å². The van der Waals surface area contributed by atoms with E-state index in [2.05, 4.69) is 15.2 Å². The first-order chi connectivity index (χ1) is 18.0. The van der Waals surface area contributed by atoms with E-state index in [1.54, 1.807) is 48.4 Å². The van der Waals surface area contributed by atoms with Gasteiger partial charge in [-0.25, -0.2) is 14.2 Å². The van der Waals surface area contributed by atoms with Crippen LogP contribution in [-0.2, 0) is 11.8 Å². The van der Waals surface area contributed by atoms with Crippen LogP contribution in [0, 0.1) is 0 Å². The molecule has 0 unspecified atom stereocenters. The van der Waals surface area contributed by atoms with Gasteiger partial charge in [-0.15, -0.1) is 10.2 Å². The smallest absolute Gasteiger partial charge is 0.410 e. The molecule has 3 aromatic rings. The number of anilines is 1. The predicted octanol–water partition coefficient (Wildman–Crippen LogP) is 3.71. The Bertz CT molecular complexity index is 1420. The third kappa shape index (κ3) is 4.54. The molecule has 0 aliphatic carbocycles. The van der Waals surface area contributed by atoms with Crippen molar-refractivity contribution in [3.05, 3.63) is 40.9 Å². The van der Waals surface area contributed by atoms with Crippen molar-refractivity contribution in [2.75, 3.05) is 19.1 Å². The summed E-state index contributed by atoms with van der Waals surface area (Å²) in [7, 11) is 4.99. The number of fused-ring (bicyclic) bond motifs is 3. The van der Waals surface area contributed by atoms with Crippen molar-refractivity contribution in [3.8, 4) is 17.1 Å². The van der Waals surface area contributed by atoms with Crippen LogP contribution in [0.15, 0.2) is 35.4 Å². The molecule has 2 aliphatic rings. The number of hydrogen-bond acceptors (Lipinski definition) is 8. The summed E-state index contributed by atoms with van der Waals surface area (Å²) in [5.74, 6) is 1.22. The summed E-state index contributed by atoms with van der Waals surface area (Å²) in [6, 6.07) is 4.22. The Kier molecular flexibility index (Phi) is 6.48. The minimum atomic E-state index is -1.27. The molecule has 0 radical (unpaired) electrons. The third-order valence-electron chi connectivity index (χ3n) is 7.45. The number of pyridine rings is 1. The Labute approximate surface area is 220 Å². The van der Waals surface area contributed by atoms with Gasteiger partial charge in [-0.05, 0) is 63.6 Å². The number of rotatable bonds is 4. The van der Waals surface area contributed by atoms with Crippen molar-refractivity contribution in [2.45, 2.75) is 69.9 Å². The van der Waals surface area contributed by atoms with Crippen LogP contribution < -0.4 is 15.2 Å². The van der Waals surface area contributed by atoms with E-state index >= 15 is 4.39 Å². The van der Waals surface area contributed by atoms with Gasteiger partial charge in [0.25, 0.3) is 5.56 Å². The first-order valence-corrected chi connectivity index (χ1v) is 12.7. The van der Waals surface area contributed by atoms with E-state index in [1.165, 1.54) is 11.7 Å². The van der Waals surface area contributed by atoms with Crippen molar-refractivity contribution < 1.29 is 18.7 Å². The predicted molar refractivity (Wildman–Crippen MR) is 141 cm³/mol. The van der Waals surface area contributed by atoms with Crippen LogP contribution >= 0.6 is 0 Å². The third-order valence-corrected chi connectivity index (χ3v) is 7.45. The normalized spacial score (nSPS) is 23.0. The Morgan fingerprint density at radius 2 is 1.97 bits per heavy atom. The minimum Gasteiger partial charge on any atom is -0.496 e. The summed E-state index contributed by atoms with van der Waals surface area (Å²) in [4.78, 5) is 33.1. The van der Waals surface area contributed by atoms with Gasteiger partial charge in [0.2, 0.25) is 0 Å². The van der Waals surface area contributed by atoms with Gasteiger partial charge < -0.3 is 18.9 Å². The van der Waals surface area contributed by atoms with Crippen LogP contribution in [0.4, 0.5) is 15.0 Å². The average molecular weight is 525 g/mol. The monoisotopic (exact) mass is 524 g/mol. The molecule has 0 N–H and O–H groups in total. The van der Waals surface area contributed by atoms with Crippen molar-refractivity contribution >= 4 is 22.7 Å². The molecule has 2 aliphatic heterocycles. The van der Waals surface area contributed by atoms with Crippen molar-refractivity contribution in [1.29, 1.82) is 0 Å². The molecule has 2 aromatic heterocycles. The SMILES string of the molecule is COc1cc2c(=O)n(C)ccc2cc1-c1ncc(N(C)[C@@H]2C[C@H]3CC[C@@H]([C@@H]2F)N3C(=O)OC(C)(C)C)nn1. The number of halogens is 1. The molecule has 2 fully saturated rings. The molecule has 2 bridgehead atoms. The number of hydrogen-bond donors (Lipinski definition) is 0. The van der Waals surface area contributed by atoms with E-state index in [0.29, 0.717) is 41.2 Å². The summed E-state index contributed by atoms with van der Waals surface area (Å²) in [6.45, 7) is 5.43. The molecule has 2 saturated heterocycles. The molecule has 5 rings (SSSR count). The van der Waals surface area contributed by atoms with Crippen molar-refractivity contribution in [2.24, 2.45) is 7.05 Å². The van der Waals surface area contributed by atoms with Gasteiger partial charge in [-0.2, -0.15) is 0 Å². The Morgan fingerprint density at radius 1 is 1.21 bits per heavy atom. The lowest BCUT2D eigenvalue weighted by Gasteiger charge is -2.44. The molecular formula is C27H33FN6O4. The second-order valence-electron chi connectivity index (χ2n) is 11.1. The number of alkyl halides is 1.